The van der Waals surface area contributed by atoms with E-state index in [9.17, 15) is 9.59 Å². The van der Waals surface area contributed by atoms with Crippen molar-refractivity contribution in [3.05, 3.63) is 52.0 Å². The van der Waals surface area contributed by atoms with E-state index in [0.717, 1.165) is 11.3 Å². The van der Waals surface area contributed by atoms with Crippen molar-refractivity contribution < 1.29 is 14.0 Å². The van der Waals surface area contributed by atoms with Crippen molar-refractivity contribution >= 4 is 34.3 Å². The Morgan fingerprint density at radius 1 is 1.08 bits per heavy atom. The zero-order valence-corrected chi connectivity index (χ0v) is 15.3. The van der Waals surface area contributed by atoms with Gasteiger partial charge in [0.2, 0.25) is 0 Å². The van der Waals surface area contributed by atoms with Crippen LogP contribution < -0.4 is 0 Å². The number of hydrogen-bond acceptors (Lipinski definition) is 5. The van der Waals surface area contributed by atoms with E-state index >= 15 is 0 Å². The molecule has 0 atom stereocenters. The maximum atomic E-state index is 12.9. The molecule has 1 aliphatic heterocycles. The Morgan fingerprint density at radius 2 is 1.85 bits per heavy atom. The number of amides is 2. The highest BCUT2D eigenvalue weighted by Crippen LogP contribution is 2.19. The van der Waals surface area contributed by atoms with Gasteiger partial charge in [0.25, 0.3) is 11.8 Å². The average molecular weight is 369 g/mol. The van der Waals surface area contributed by atoms with Crippen LogP contribution in [0.3, 0.4) is 0 Å². The maximum absolute atomic E-state index is 12.9. The molecule has 1 aromatic carbocycles. The molecule has 1 fully saturated rings. The summed E-state index contributed by atoms with van der Waals surface area (Å²) >= 11 is 1.45. The molecule has 1 saturated heterocycles. The Hall–Kier alpha value is -2.67. The Morgan fingerprint density at radius 3 is 2.58 bits per heavy atom. The number of carbonyl (C=O) groups is 2. The van der Waals surface area contributed by atoms with Crippen LogP contribution in [0.2, 0.25) is 0 Å². The van der Waals surface area contributed by atoms with E-state index < -0.39 is 0 Å². The second-order valence-corrected chi connectivity index (χ2v) is 7.28. The van der Waals surface area contributed by atoms with Gasteiger partial charge in [-0.05, 0) is 36.1 Å². The second-order valence-electron chi connectivity index (χ2n) is 6.33. The van der Waals surface area contributed by atoms with Crippen molar-refractivity contribution in [3.8, 4) is 0 Å². The van der Waals surface area contributed by atoms with Gasteiger partial charge in [0, 0.05) is 38.7 Å². The Labute approximate surface area is 155 Å². The molecule has 0 unspecified atom stereocenters. The van der Waals surface area contributed by atoms with Crippen LogP contribution in [0, 0.1) is 6.92 Å². The molecule has 2 amide bonds. The van der Waals surface area contributed by atoms with Gasteiger partial charge in [0.15, 0.2) is 11.5 Å². The topological polar surface area (TPSA) is 66.7 Å². The summed E-state index contributed by atoms with van der Waals surface area (Å²) in [5, 5.41) is 1.91. The summed E-state index contributed by atoms with van der Waals surface area (Å²) in [6.07, 6.45) is 0.772. The summed E-state index contributed by atoms with van der Waals surface area (Å²) in [7, 11) is 0. The molecule has 7 heteroatoms. The first-order valence-electron chi connectivity index (χ1n) is 8.61. The highest BCUT2D eigenvalue weighted by molar-refractivity contribution is 7.12. The number of benzene rings is 1. The lowest BCUT2D eigenvalue weighted by Gasteiger charge is -2.22. The number of carbonyl (C=O) groups excluding carboxylic acids is 2. The maximum Gasteiger partial charge on any atom is 0.263 e. The van der Waals surface area contributed by atoms with Crippen LogP contribution >= 0.6 is 11.3 Å². The molecule has 2 aromatic heterocycles. The molecular weight excluding hydrogens is 350 g/mol. The highest BCUT2D eigenvalue weighted by atomic mass is 32.1. The summed E-state index contributed by atoms with van der Waals surface area (Å²) in [4.78, 5) is 34.1. The molecule has 0 saturated carbocycles. The van der Waals surface area contributed by atoms with Gasteiger partial charge in [0.1, 0.15) is 5.52 Å². The van der Waals surface area contributed by atoms with Crippen LogP contribution in [-0.2, 0) is 0 Å². The number of nitrogens with zero attached hydrogens (tertiary/aromatic N) is 3. The van der Waals surface area contributed by atoms with Crippen molar-refractivity contribution in [1.82, 2.24) is 14.8 Å². The van der Waals surface area contributed by atoms with E-state index in [0.29, 0.717) is 48.7 Å². The van der Waals surface area contributed by atoms with Crippen LogP contribution in [-0.4, -0.2) is 52.8 Å². The van der Waals surface area contributed by atoms with Gasteiger partial charge < -0.3 is 14.2 Å². The van der Waals surface area contributed by atoms with E-state index in [4.69, 9.17) is 4.42 Å². The summed E-state index contributed by atoms with van der Waals surface area (Å²) < 4.78 is 5.46. The lowest BCUT2D eigenvalue weighted by Crippen LogP contribution is -2.37. The monoisotopic (exact) mass is 369 g/mol. The Balaban J connectivity index is 1.47. The lowest BCUT2D eigenvalue weighted by molar-refractivity contribution is 0.0721. The van der Waals surface area contributed by atoms with E-state index in [1.807, 2.05) is 27.3 Å². The van der Waals surface area contributed by atoms with Gasteiger partial charge in [-0.1, -0.05) is 6.07 Å². The number of oxazole rings is 1. The average Bonchev–Trinajstić information content (AvgIpc) is 3.23. The summed E-state index contributed by atoms with van der Waals surface area (Å²) in [5.41, 5.74) is 1.98. The quantitative estimate of drug-likeness (QED) is 0.696. The minimum atomic E-state index is -0.0297. The van der Waals surface area contributed by atoms with Gasteiger partial charge >= 0.3 is 0 Å². The van der Waals surface area contributed by atoms with Crippen LogP contribution in [0.5, 0.6) is 0 Å². The fraction of sp³-hybridized carbons (Fsp3) is 0.316. The zero-order chi connectivity index (χ0) is 18.1. The summed E-state index contributed by atoms with van der Waals surface area (Å²) in [6, 6.07) is 9.05. The first-order valence-corrected chi connectivity index (χ1v) is 9.49. The van der Waals surface area contributed by atoms with Gasteiger partial charge in [-0.2, -0.15) is 0 Å². The zero-order valence-electron chi connectivity index (χ0n) is 14.5. The largest absolute Gasteiger partial charge is 0.441 e. The van der Waals surface area contributed by atoms with Crippen molar-refractivity contribution in [2.24, 2.45) is 0 Å². The molecule has 6 nitrogen and oxygen atoms in total. The number of hydrogen-bond donors (Lipinski definition) is 0. The van der Waals surface area contributed by atoms with Crippen molar-refractivity contribution in [3.63, 3.8) is 0 Å². The SMILES string of the molecule is Cc1nc2cc(C(=O)N3CCCN(C(=O)c4cccs4)CC3)ccc2o1. The van der Waals surface area contributed by atoms with Crippen molar-refractivity contribution in [2.75, 3.05) is 26.2 Å². The molecule has 3 heterocycles. The van der Waals surface area contributed by atoms with Gasteiger partial charge in [-0.25, -0.2) is 4.98 Å². The standard InChI is InChI=1S/C19H19N3O3S/c1-13-20-15-12-14(5-6-16(15)25-13)18(23)21-7-3-8-22(10-9-21)19(24)17-4-2-11-26-17/h2,4-6,11-12H,3,7-10H2,1H3. The second kappa shape index (κ2) is 6.92. The number of aryl methyl sites for hydroxylation is 1. The van der Waals surface area contributed by atoms with Crippen LogP contribution in [0.1, 0.15) is 32.3 Å². The molecule has 3 aromatic rings. The minimum Gasteiger partial charge on any atom is -0.441 e. The molecule has 26 heavy (non-hydrogen) atoms. The molecule has 0 radical (unpaired) electrons. The number of fused-ring (bicyclic) bond motifs is 1. The third-order valence-corrected chi connectivity index (χ3v) is 5.40. The third kappa shape index (κ3) is 3.22. The molecule has 0 spiro atoms. The molecule has 0 N–H and O–H groups in total. The third-order valence-electron chi connectivity index (χ3n) is 4.54. The predicted octanol–water partition coefficient (Wildman–Crippen LogP) is 3.19. The van der Waals surface area contributed by atoms with Crippen molar-refractivity contribution in [1.29, 1.82) is 0 Å². The van der Waals surface area contributed by atoms with Gasteiger partial charge in [0.05, 0.1) is 4.88 Å². The van der Waals surface area contributed by atoms with E-state index in [1.165, 1.54) is 11.3 Å². The molecule has 134 valence electrons. The molecule has 4 rings (SSSR count). The fourth-order valence-corrected chi connectivity index (χ4v) is 3.93. The fourth-order valence-electron chi connectivity index (χ4n) is 3.24. The molecule has 0 aliphatic carbocycles. The van der Waals surface area contributed by atoms with Crippen LogP contribution in [0.4, 0.5) is 0 Å². The van der Waals surface area contributed by atoms with Crippen molar-refractivity contribution in [2.45, 2.75) is 13.3 Å². The predicted molar refractivity (Wildman–Crippen MR) is 99.5 cm³/mol. The normalized spacial score (nSPS) is 15.3. The highest BCUT2D eigenvalue weighted by Gasteiger charge is 2.24. The van der Waals surface area contributed by atoms with Crippen LogP contribution in [0.25, 0.3) is 11.1 Å². The number of aromatic nitrogens is 1. The number of thiophene rings is 1. The van der Waals surface area contributed by atoms with E-state index in [1.54, 1.807) is 25.1 Å². The van der Waals surface area contributed by atoms with E-state index in [-0.39, 0.29) is 11.8 Å². The first-order chi connectivity index (χ1) is 12.6. The lowest BCUT2D eigenvalue weighted by atomic mass is 10.1. The Bertz CT molecular complexity index is 948. The van der Waals surface area contributed by atoms with Crippen LogP contribution in [0.15, 0.2) is 40.1 Å². The summed E-state index contributed by atoms with van der Waals surface area (Å²) in [5.74, 6) is 0.605. The number of rotatable bonds is 2. The molecular formula is C19H19N3O3S. The molecule has 0 bridgehead atoms. The smallest absolute Gasteiger partial charge is 0.263 e. The van der Waals surface area contributed by atoms with Gasteiger partial charge in [-0.15, -0.1) is 11.3 Å². The minimum absolute atomic E-state index is 0.0297. The van der Waals surface area contributed by atoms with E-state index in [2.05, 4.69) is 4.98 Å². The summed E-state index contributed by atoms with van der Waals surface area (Å²) in [6.45, 7) is 4.18. The first kappa shape index (κ1) is 16.8. The Kier molecular flexibility index (Phi) is 4.46. The molecule has 1 aliphatic rings. The van der Waals surface area contributed by atoms with Gasteiger partial charge in [-0.3, -0.25) is 9.59 Å².